The Morgan fingerprint density at radius 2 is 2.17 bits per heavy atom. The van der Waals surface area contributed by atoms with Crippen molar-refractivity contribution in [3.63, 3.8) is 0 Å². The van der Waals surface area contributed by atoms with Crippen molar-refractivity contribution < 1.29 is 9.47 Å². The Hall–Kier alpha value is -1.06. The monoisotopic (exact) mass is 249 g/mol. The van der Waals surface area contributed by atoms with Crippen molar-refractivity contribution in [1.82, 2.24) is 0 Å². The van der Waals surface area contributed by atoms with Crippen LogP contribution in [-0.2, 0) is 4.74 Å². The van der Waals surface area contributed by atoms with Gasteiger partial charge in [-0.2, -0.15) is 0 Å². The predicted molar refractivity (Wildman–Crippen MR) is 72.8 cm³/mol. The van der Waals surface area contributed by atoms with E-state index in [1.165, 1.54) is 5.56 Å². The van der Waals surface area contributed by atoms with E-state index in [1.54, 1.807) is 7.11 Å². The summed E-state index contributed by atoms with van der Waals surface area (Å²) in [6.07, 6.45) is 1.83. The number of fused-ring (bicyclic) bond motifs is 1. The first-order chi connectivity index (χ1) is 8.41. The van der Waals surface area contributed by atoms with E-state index in [0.717, 1.165) is 24.2 Å². The average Bonchev–Trinajstić information content (AvgIpc) is 2.30. The molecule has 3 heteroatoms. The van der Waals surface area contributed by atoms with Crippen LogP contribution in [0.1, 0.15) is 43.9 Å². The van der Waals surface area contributed by atoms with Gasteiger partial charge in [0.2, 0.25) is 0 Å². The van der Waals surface area contributed by atoms with Crippen molar-refractivity contribution in [3.05, 3.63) is 29.3 Å². The van der Waals surface area contributed by atoms with Crippen molar-refractivity contribution >= 4 is 0 Å². The Bertz CT molecular complexity index is 429. The van der Waals surface area contributed by atoms with Gasteiger partial charge in [-0.3, -0.25) is 0 Å². The van der Waals surface area contributed by atoms with Crippen LogP contribution in [-0.4, -0.2) is 18.8 Å². The van der Waals surface area contributed by atoms with Crippen molar-refractivity contribution in [2.24, 2.45) is 5.73 Å². The summed E-state index contributed by atoms with van der Waals surface area (Å²) in [6, 6.07) is 6.27. The first-order valence-electron chi connectivity index (χ1n) is 6.49. The quantitative estimate of drug-likeness (QED) is 0.895. The van der Waals surface area contributed by atoms with Crippen LogP contribution in [0.2, 0.25) is 0 Å². The second kappa shape index (κ2) is 4.90. The van der Waals surface area contributed by atoms with Gasteiger partial charge in [-0.15, -0.1) is 0 Å². The summed E-state index contributed by atoms with van der Waals surface area (Å²) in [4.78, 5) is 0. The Morgan fingerprint density at radius 3 is 2.83 bits per heavy atom. The van der Waals surface area contributed by atoms with E-state index < -0.39 is 0 Å². The topological polar surface area (TPSA) is 44.5 Å². The van der Waals surface area contributed by atoms with Crippen LogP contribution in [0, 0.1) is 6.92 Å². The van der Waals surface area contributed by atoms with Gasteiger partial charge in [0, 0.05) is 31.6 Å². The van der Waals surface area contributed by atoms with Gasteiger partial charge >= 0.3 is 0 Å². The molecule has 1 aromatic carbocycles. The van der Waals surface area contributed by atoms with Gasteiger partial charge in [-0.1, -0.05) is 17.7 Å². The van der Waals surface area contributed by atoms with E-state index >= 15 is 0 Å². The third-order valence-electron chi connectivity index (χ3n) is 3.65. The van der Waals surface area contributed by atoms with Gasteiger partial charge in [0.25, 0.3) is 0 Å². The lowest BCUT2D eigenvalue weighted by atomic mass is 9.90. The van der Waals surface area contributed by atoms with Gasteiger partial charge in [0.05, 0.1) is 5.60 Å². The maximum absolute atomic E-state index is 6.25. The molecule has 2 unspecified atom stereocenters. The molecule has 0 amide bonds. The lowest BCUT2D eigenvalue weighted by Gasteiger charge is -2.35. The molecule has 18 heavy (non-hydrogen) atoms. The molecule has 1 aliphatic heterocycles. The smallest absolute Gasteiger partial charge is 0.124 e. The molecule has 0 fully saturated rings. The molecule has 0 aromatic heterocycles. The minimum Gasteiger partial charge on any atom is -0.490 e. The van der Waals surface area contributed by atoms with Crippen LogP contribution >= 0.6 is 0 Å². The minimum absolute atomic E-state index is 0.0614. The molecule has 3 nitrogen and oxygen atoms in total. The summed E-state index contributed by atoms with van der Waals surface area (Å²) >= 11 is 0. The van der Waals surface area contributed by atoms with Crippen LogP contribution < -0.4 is 10.5 Å². The van der Waals surface area contributed by atoms with E-state index in [4.69, 9.17) is 15.2 Å². The number of methoxy groups -OCH3 is 1. The van der Waals surface area contributed by atoms with E-state index in [2.05, 4.69) is 32.9 Å². The molecule has 1 heterocycles. The number of nitrogens with two attached hydrogens (primary N) is 1. The van der Waals surface area contributed by atoms with Crippen molar-refractivity contribution in [1.29, 1.82) is 0 Å². The fourth-order valence-corrected chi connectivity index (χ4v) is 2.46. The summed E-state index contributed by atoms with van der Waals surface area (Å²) in [6.45, 7) is 6.23. The second-order valence-electron chi connectivity index (χ2n) is 5.79. The lowest BCUT2D eigenvalue weighted by molar-refractivity contribution is -0.0194. The SMILES string of the molecule is COC(C)(C)CC1CC(N)c2cc(C)ccc2O1. The highest BCUT2D eigenvalue weighted by Gasteiger charge is 2.30. The molecule has 1 aliphatic rings. The fourth-order valence-electron chi connectivity index (χ4n) is 2.46. The van der Waals surface area contributed by atoms with E-state index in [1.807, 2.05) is 6.07 Å². The molecule has 0 spiro atoms. The van der Waals surface area contributed by atoms with E-state index in [-0.39, 0.29) is 17.7 Å². The minimum atomic E-state index is -0.174. The number of benzene rings is 1. The molecule has 100 valence electrons. The molecule has 1 aromatic rings. The predicted octanol–water partition coefficient (Wildman–Crippen LogP) is 2.96. The highest BCUT2D eigenvalue weighted by Crippen LogP contribution is 2.36. The van der Waals surface area contributed by atoms with Crippen LogP contribution in [0.15, 0.2) is 18.2 Å². The van der Waals surface area contributed by atoms with Crippen LogP contribution in [0.4, 0.5) is 0 Å². The Labute approximate surface area is 109 Å². The van der Waals surface area contributed by atoms with E-state index in [0.29, 0.717) is 0 Å². The summed E-state index contributed by atoms with van der Waals surface area (Å²) in [5, 5.41) is 0. The first kappa shape index (κ1) is 13.4. The molecule has 0 saturated carbocycles. The van der Waals surface area contributed by atoms with Crippen LogP contribution in [0.3, 0.4) is 0 Å². The summed E-state index contributed by atoms with van der Waals surface area (Å²) < 4.78 is 11.5. The number of aryl methyl sites for hydroxylation is 1. The molecular weight excluding hydrogens is 226 g/mol. The molecular formula is C15H23NO2. The maximum Gasteiger partial charge on any atom is 0.124 e. The van der Waals surface area contributed by atoms with Gasteiger partial charge in [-0.25, -0.2) is 0 Å². The van der Waals surface area contributed by atoms with Gasteiger partial charge in [0.15, 0.2) is 0 Å². The highest BCUT2D eigenvalue weighted by molar-refractivity contribution is 5.40. The zero-order chi connectivity index (χ0) is 13.3. The van der Waals surface area contributed by atoms with Gasteiger partial charge in [-0.05, 0) is 26.8 Å². The maximum atomic E-state index is 6.25. The molecule has 0 saturated heterocycles. The number of hydrogen-bond acceptors (Lipinski definition) is 3. The number of hydrogen-bond donors (Lipinski definition) is 1. The molecule has 0 aliphatic carbocycles. The molecule has 2 rings (SSSR count). The zero-order valence-corrected chi connectivity index (χ0v) is 11.7. The average molecular weight is 249 g/mol. The van der Waals surface area contributed by atoms with Gasteiger partial charge in [0.1, 0.15) is 11.9 Å². The van der Waals surface area contributed by atoms with Crippen molar-refractivity contribution in [2.75, 3.05) is 7.11 Å². The Balaban J connectivity index is 2.16. The second-order valence-corrected chi connectivity index (χ2v) is 5.79. The first-order valence-corrected chi connectivity index (χ1v) is 6.49. The highest BCUT2D eigenvalue weighted by atomic mass is 16.5. The molecule has 0 radical (unpaired) electrons. The lowest BCUT2D eigenvalue weighted by Crippen LogP contribution is -2.36. The molecule has 0 bridgehead atoms. The fraction of sp³-hybridized carbons (Fsp3) is 0.600. The van der Waals surface area contributed by atoms with Crippen LogP contribution in [0.25, 0.3) is 0 Å². The number of rotatable bonds is 3. The standard InChI is InChI=1S/C15H23NO2/c1-10-5-6-14-12(7-10)13(16)8-11(18-14)9-15(2,3)17-4/h5-7,11,13H,8-9,16H2,1-4H3. The largest absolute Gasteiger partial charge is 0.490 e. The molecule has 2 atom stereocenters. The third kappa shape index (κ3) is 2.85. The summed E-state index contributed by atoms with van der Waals surface area (Å²) in [5.74, 6) is 0.927. The van der Waals surface area contributed by atoms with Gasteiger partial charge < -0.3 is 15.2 Å². The summed E-state index contributed by atoms with van der Waals surface area (Å²) in [7, 11) is 1.74. The summed E-state index contributed by atoms with van der Waals surface area (Å²) in [5.41, 5.74) is 8.42. The van der Waals surface area contributed by atoms with E-state index in [9.17, 15) is 0 Å². The van der Waals surface area contributed by atoms with Crippen LogP contribution in [0.5, 0.6) is 5.75 Å². The number of ether oxygens (including phenoxy) is 2. The van der Waals surface area contributed by atoms with Crippen molar-refractivity contribution in [2.45, 2.75) is 51.4 Å². The Morgan fingerprint density at radius 1 is 1.44 bits per heavy atom. The normalized spacial score (nSPS) is 23.4. The zero-order valence-electron chi connectivity index (χ0n) is 11.7. The Kier molecular flexibility index (Phi) is 3.64. The molecule has 2 N–H and O–H groups in total. The van der Waals surface area contributed by atoms with Crippen molar-refractivity contribution in [3.8, 4) is 5.75 Å². The third-order valence-corrected chi connectivity index (χ3v) is 3.65.